The standard InChI is InChI=1S/C17H21ClN2O/c1-12(2)9-20-11-14-10-19-7-6-16(14)21-17-8-15(18)5-4-13(17)3/h4-8,10,12,20H,9,11H2,1-3H3. The number of aromatic nitrogens is 1. The van der Waals surface area contributed by atoms with E-state index < -0.39 is 0 Å². The smallest absolute Gasteiger partial charge is 0.135 e. The molecule has 4 heteroatoms. The summed E-state index contributed by atoms with van der Waals surface area (Å²) in [4.78, 5) is 4.18. The van der Waals surface area contributed by atoms with Crippen molar-refractivity contribution in [2.24, 2.45) is 5.92 Å². The third kappa shape index (κ3) is 4.73. The van der Waals surface area contributed by atoms with Gasteiger partial charge in [-0.15, -0.1) is 0 Å². The summed E-state index contributed by atoms with van der Waals surface area (Å²) >= 11 is 6.04. The number of pyridine rings is 1. The molecule has 0 radical (unpaired) electrons. The molecule has 0 aliphatic carbocycles. The number of ether oxygens (including phenoxy) is 1. The number of nitrogens with one attached hydrogen (secondary N) is 1. The maximum atomic E-state index is 6.04. The van der Waals surface area contributed by atoms with Crippen LogP contribution in [0.2, 0.25) is 5.02 Å². The Morgan fingerprint density at radius 1 is 1.24 bits per heavy atom. The van der Waals surface area contributed by atoms with E-state index in [-0.39, 0.29) is 0 Å². The Morgan fingerprint density at radius 3 is 2.81 bits per heavy atom. The topological polar surface area (TPSA) is 34.1 Å². The number of benzene rings is 1. The highest BCUT2D eigenvalue weighted by atomic mass is 35.5. The summed E-state index contributed by atoms with van der Waals surface area (Å²) in [5.41, 5.74) is 2.09. The van der Waals surface area contributed by atoms with E-state index in [4.69, 9.17) is 16.3 Å². The second-order valence-electron chi connectivity index (χ2n) is 5.52. The summed E-state index contributed by atoms with van der Waals surface area (Å²) < 4.78 is 6.01. The summed E-state index contributed by atoms with van der Waals surface area (Å²) in [5.74, 6) is 2.20. The molecule has 0 unspecified atom stereocenters. The van der Waals surface area contributed by atoms with Crippen LogP contribution in [0.25, 0.3) is 0 Å². The number of aryl methyl sites for hydroxylation is 1. The second-order valence-corrected chi connectivity index (χ2v) is 5.96. The van der Waals surface area contributed by atoms with Crippen LogP contribution < -0.4 is 10.1 Å². The first-order valence-corrected chi connectivity index (χ1v) is 7.51. The van der Waals surface area contributed by atoms with Crippen LogP contribution >= 0.6 is 11.6 Å². The molecular weight excluding hydrogens is 284 g/mol. The van der Waals surface area contributed by atoms with Crippen LogP contribution in [0, 0.1) is 12.8 Å². The molecule has 21 heavy (non-hydrogen) atoms. The van der Waals surface area contributed by atoms with Gasteiger partial charge >= 0.3 is 0 Å². The fourth-order valence-electron chi connectivity index (χ4n) is 1.94. The van der Waals surface area contributed by atoms with Crippen LogP contribution in [0.5, 0.6) is 11.5 Å². The lowest BCUT2D eigenvalue weighted by atomic mass is 10.2. The highest BCUT2D eigenvalue weighted by Gasteiger charge is 2.08. The monoisotopic (exact) mass is 304 g/mol. The van der Waals surface area contributed by atoms with E-state index in [1.54, 1.807) is 6.20 Å². The molecule has 3 nitrogen and oxygen atoms in total. The van der Waals surface area contributed by atoms with Crippen LogP contribution in [-0.2, 0) is 6.54 Å². The molecule has 0 amide bonds. The lowest BCUT2D eigenvalue weighted by Crippen LogP contribution is -2.19. The Bertz CT molecular complexity index is 599. The van der Waals surface area contributed by atoms with E-state index >= 15 is 0 Å². The van der Waals surface area contributed by atoms with Crippen LogP contribution in [0.4, 0.5) is 0 Å². The molecule has 1 aromatic heterocycles. The molecule has 0 atom stereocenters. The van der Waals surface area contributed by atoms with E-state index in [0.29, 0.717) is 10.9 Å². The number of nitrogens with zero attached hydrogens (tertiary/aromatic N) is 1. The molecule has 1 heterocycles. The Labute approximate surface area is 131 Å². The maximum absolute atomic E-state index is 6.04. The molecule has 0 saturated carbocycles. The highest BCUT2D eigenvalue weighted by molar-refractivity contribution is 6.30. The van der Waals surface area contributed by atoms with E-state index in [2.05, 4.69) is 24.1 Å². The van der Waals surface area contributed by atoms with Crippen molar-refractivity contribution in [3.05, 3.63) is 52.8 Å². The minimum Gasteiger partial charge on any atom is -0.457 e. The van der Waals surface area contributed by atoms with Gasteiger partial charge in [0, 0.05) is 29.5 Å². The molecule has 2 aromatic rings. The predicted octanol–water partition coefficient (Wildman–Crippen LogP) is 4.58. The quantitative estimate of drug-likeness (QED) is 0.848. The van der Waals surface area contributed by atoms with Gasteiger partial charge in [-0.25, -0.2) is 0 Å². The summed E-state index contributed by atoms with van der Waals surface area (Å²) in [6.45, 7) is 8.07. The van der Waals surface area contributed by atoms with E-state index in [9.17, 15) is 0 Å². The van der Waals surface area contributed by atoms with Crippen molar-refractivity contribution in [3.8, 4) is 11.5 Å². The van der Waals surface area contributed by atoms with Gasteiger partial charge < -0.3 is 10.1 Å². The number of hydrogen-bond acceptors (Lipinski definition) is 3. The van der Waals surface area contributed by atoms with Crippen LogP contribution in [-0.4, -0.2) is 11.5 Å². The van der Waals surface area contributed by atoms with Crippen molar-refractivity contribution in [3.63, 3.8) is 0 Å². The molecule has 0 aliphatic rings. The van der Waals surface area contributed by atoms with Gasteiger partial charge in [0.1, 0.15) is 11.5 Å². The zero-order valence-corrected chi connectivity index (χ0v) is 13.4. The van der Waals surface area contributed by atoms with E-state index in [1.165, 1.54) is 0 Å². The third-order valence-corrected chi connectivity index (χ3v) is 3.33. The van der Waals surface area contributed by atoms with Crippen LogP contribution in [0.1, 0.15) is 25.0 Å². The molecule has 0 spiro atoms. The molecule has 1 aromatic carbocycles. The molecule has 1 N–H and O–H groups in total. The SMILES string of the molecule is Cc1ccc(Cl)cc1Oc1ccncc1CNCC(C)C. The van der Waals surface area contributed by atoms with Gasteiger partial charge in [0.15, 0.2) is 0 Å². The Kier molecular flexibility index (Phi) is 5.59. The molecule has 0 bridgehead atoms. The Morgan fingerprint density at radius 2 is 2.05 bits per heavy atom. The first kappa shape index (κ1) is 15.8. The fraction of sp³-hybridized carbons (Fsp3) is 0.353. The van der Waals surface area contributed by atoms with Crippen molar-refractivity contribution in [2.45, 2.75) is 27.3 Å². The van der Waals surface area contributed by atoms with Gasteiger partial charge in [-0.1, -0.05) is 31.5 Å². The van der Waals surface area contributed by atoms with Gasteiger partial charge in [-0.05, 0) is 43.1 Å². The molecule has 112 valence electrons. The normalized spacial score (nSPS) is 10.9. The van der Waals surface area contributed by atoms with Gasteiger partial charge in [-0.3, -0.25) is 4.98 Å². The van der Waals surface area contributed by atoms with Crippen LogP contribution in [0.3, 0.4) is 0 Å². The van der Waals surface area contributed by atoms with Gasteiger partial charge in [0.05, 0.1) is 0 Å². The van der Waals surface area contributed by atoms with E-state index in [0.717, 1.165) is 35.7 Å². The largest absolute Gasteiger partial charge is 0.457 e. The highest BCUT2D eigenvalue weighted by Crippen LogP contribution is 2.29. The van der Waals surface area contributed by atoms with Crippen LogP contribution in [0.15, 0.2) is 36.7 Å². The average Bonchev–Trinajstić information content (AvgIpc) is 2.44. The summed E-state index contributed by atoms with van der Waals surface area (Å²) in [6, 6.07) is 7.53. The van der Waals surface area contributed by atoms with E-state index in [1.807, 2.05) is 37.4 Å². The van der Waals surface area contributed by atoms with Gasteiger partial charge in [0.25, 0.3) is 0 Å². The molecule has 0 aliphatic heterocycles. The van der Waals surface area contributed by atoms with Crippen molar-refractivity contribution in [1.82, 2.24) is 10.3 Å². The molecule has 0 saturated heterocycles. The zero-order valence-electron chi connectivity index (χ0n) is 12.7. The number of hydrogen-bond donors (Lipinski definition) is 1. The number of halogens is 1. The molecular formula is C17H21ClN2O. The average molecular weight is 305 g/mol. The van der Waals surface area contributed by atoms with Crippen molar-refractivity contribution < 1.29 is 4.74 Å². The summed E-state index contributed by atoms with van der Waals surface area (Å²) in [5, 5.41) is 4.08. The predicted molar refractivity (Wildman–Crippen MR) is 87.0 cm³/mol. The lowest BCUT2D eigenvalue weighted by Gasteiger charge is -2.14. The molecule has 2 rings (SSSR count). The Hall–Kier alpha value is -1.58. The fourth-order valence-corrected chi connectivity index (χ4v) is 2.11. The van der Waals surface area contributed by atoms with Gasteiger partial charge in [0.2, 0.25) is 0 Å². The zero-order chi connectivity index (χ0) is 15.2. The molecule has 0 fully saturated rings. The summed E-state index contributed by atoms with van der Waals surface area (Å²) in [7, 11) is 0. The lowest BCUT2D eigenvalue weighted by molar-refractivity contribution is 0.465. The first-order valence-electron chi connectivity index (χ1n) is 7.14. The Balaban J connectivity index is 2.14. The minimum atomic E-state index is 0.612. The summed E-state index contributed by atoms with van der Waals surface area (Å²) in [6.07, 6.45) is 3.57. The van der Waals surface area contributed by atoms with Crippen molar-refractivity contribution >= 4 is 11.6 Å². The van der Waals surface area contributed by atoms with Crippen molar-refractivity contribution in [1.29, 1.82) is 0 Å². The second kappa shape index (κ2) is 7.43. The number of rotatable bonds is 6. The van der Waals surface area contributed by atoms with Gasteiger partial charge in [-0.2, -0.15) is 0 Å². The third-order valence-electron chi connectivity index (χ3n) is 3.10. The van der Waals surface area contributed by atoms with Crippen molar-refractivity contribution in [2.75, 3.05) is 6.54 Å². The maximum Gasteiger partial charge on any atom is 0.135 e. The minimum absolute atomic E-state index is 0.612. The first-order chi connectivity index (χ1) is 10.1.